The van der Waals surface area contributed by atoms with Crippen LogP contribution in [0.2, 0.25) is 0 Å². The highest BCUT2D eigenvalue weighted by atomic mass is 16.5. The molecule has 1 amide bonds. The number of fused-ring (bicyclic) bond motifs is 1. The van der Waals surface area contributed by atoms with Gasteiger partial charge in [0.1, 0.15) is 17.4 Å². The number of amides is 1. The average molecular weight is 507 g/mol. The van der Waals surface area contributed by atoms with Gasteiger partial charge in [-0.2, -0.15) is 5.10 Å². The van der Waals surface area contributed by atoms with Crippen molar-refractivity contribution in [2.75, 3.05) is 18.9 Å². The molecule has 0 aliphatic carbocycles. The van der Waals surface area contributed by atoms with Gasteiger partial charge in [0.15, 0.2) is 5.82 Å². The molecular weight excluding hydrogens is 480 g/mol. The summed E-state index contributed by atoms with van der Waals surface area (Å²) in [5.74, 6) is -0.0606. The van der Waals surface area contributed by atoms with Crippen LogP contribution in [0.4, 0.5) is 5.82 Å². The topological polar surface area (TPSA) is 131 Å². The monoisotopic (exact) mass is 506 g/mol. The van der Waals surface area contributed by atoms with Gasteiger partial charge in [-0.1, -0.05) is 42.5 Å². The van der Waals surface area contributed by atoms with E-state index in [-0.39, 0.29) is 5.56 Å². The molecule has 3 aromatic heterocycles. The van der Waals surface area contributed by atoms with Crippen molar-refractivity contribution in [3.8, 4) is 27.9 Å². The number of anilines is 1. The predicted octanol–water partition coefficient (Wildman–Crippen LogP) is 3.79. The van der Waals surface area contributed by atoms with Crippen molar-refractivity contribution in [1.82, 2.24) is 19.2 Å². The number of nitrogens with two attached hydrogens (primary N) is 2. The van der Waals surface area contributed by atoms with E-state index in [1.54, 1.807) is 24.4 Å². The number of nitrogen functional groups attached to an aromatic ring is 1. The van der Waals surface area contributed by atoms with Crippen LogP contribution in [-0.4, -0.2) is 38.3 Å². The third kappa shape index (κ3) is 4.03. The van der Waals surface area contributed by atoms with E-state index in [0.717, 1.165) is 35.2 Å². The SMILES string of the molecule is NC(=O)c1c(-c2ccc(-c3cc(C4CCOCC4)n4ncnc(N)c34)cc2)ccn(-c2ccccc2)c1=O. The van der Waals surface area contributed by atoms with Gasteiger partial charge in [-0.05, 0) is 48.2 Å². The molecule has 1 saturated heterocycles. The Morgan fingerprint density at radius 3 is 2.32 bits per heavy atom. The normalized spacial score (nSPS) is 14.1. The number of nitrogens with zero attached hydrogens (tertiary/aromatic N) is 4. The van der Waals surface area contributed by atoms with Crippen LogP contribution >= 0.6 is 0 Å². The highest BCUT2D eigenvalue weighted by Crippen LogP contribution is 2.37. The molecule has 1 aliphatic heterocycles. The Labute approximate surface area is 218 Å². The van der Waals surface area contributed by atoms with Crippen LogP contribution in [0.1, 0.15) is 34.8 Å². The van der Waals surface area contributed by atoms with Crippen molar-refractivity contribution in [2.24, 2.45) is 5.73 Å². The summed E-state index contributed by atoms with van der Waals surface area (Å²) >= 11 is 0. The number of para-hydroxylation sites is 1. The molecule has 0 saturated carbocycles. The number of aromatic nitrogens is 4. The standard InChI is InChI=1S/C29H26N6O3/c30-27-26-23(16-24(35(26)33-17-32-27)20-11-14-38-15-12-20)19-8-6-18(7-9-19)22-10-13-34(21-4-2-1-3-5-21)29(37)25(22)28(31)36/h1-10,13,16-17,20H,11-12,14-15H2,(H2,31,36)(H2,30,32,33). The van der Waals surface area contributed by atoms with Crippen LogP contribution in [0.15, 0.2) is 84.0 Å². The van der Waals surface area contributed by atoms with Gasteiger partial charge in [-0.15, -0.1) is 0 Å². The molecule has 6 rings (SSSR count). The van der Waals surface area contributed by atoms with Crippen molar-refractivity contribution in [3.05, 3.63) is 101 Å². The Morgan fingerprint density at radius 2 is 1.63 bits per heavy atom. The first kappa shape index (κ1) is 23.6. The van der Waals surface area contributed by atoms with Crippen LogP contribution in [-0.2, 0) is 4.74 Å². The first-order valence-corrected chi connectivity index (χ1v) is 12.4. The second kappa shape index (κ2) is 9.60. The minimum atomic E-state index is -0.774. The summed E-state index contributed by atoms with van der Waals surface area (Å²) in [6.45, 7) is 1.43. The number of ether oxygens (including phenoxy) is 1. The van der Waals surface area contributed by atoms with E-state index in [0.29, 0.717) is 41.8 Å². The van der Waals surface area contributed by atoms with Gasteiger partial charge in [0.2, 0.25) is 0 Å². The second-order valence-electron chi connectivity index (χ2n) is 9.33. The van der Waals surface area contributed by atoms with E-state index in [2.05, 4.69) is 16.1 Å². The van der Waals surface area contributed by atoms with Gasteiger partial charge >= 0.3 is 0 Å². The Bertz CT molecular complexity index is 1700. The van der Waals surface area contributed by atoms with E-state index in [4.69, 9.17) is 16.2 Å². The lowest BCUT2D eigenvalue weighted by atomic mass is 9.95. The number of primary amides is 1. The molecule has 0 atom stereocenters. The summed E-state index contributed by atoms with van der Waals surface area (Å²) in [5.41, 5.74) is 17.0. The van der Waals surface area contributed by atoms with Gasteiger partial charge in [0, 0.05) is 47.8 Å². The van der Waals surface area contributed by atoms with Crippen LogP contribution in [0, 0.1) is 0 Å². The molecule has 38 heavy (non-hydrogen) atoms. The second-order valence-corrected chi connectivity index (χ2v) is 9.33. The fraction of sp³-hybridized carbons (Fsp3) is 0.172. The quantitative estimate of drug-likeness (QED) is 0.373. The maximum Gasteiger partial charge on any atom is 0.268 e. The molecule has 0 bridgehead atoms. The van der Waals surface area contributed by atoms with Crippen molar-refractivity contribution < 1.29 is 9.53 Å². The Balaban J connectivity index is 1.43. The molecule has 4 heterocycles. The van der Waals surface area contributed by atoms with Gasteiger partial charge in [0.25, 0.3) is 11.5 Å². The molecule has 1 aliphatic rings. The van der Waals surface area contributed by atoms with Crippen LogP contribution in [0.25, 0.3) is 33.5 Å². The maximum absolute atomic E-state index is 13.3. The Morgan fingerprint density at radius 1 is 0.947 bits per heavy atom. The van der Waals surface area contributed by atoms with Gasteiger partial charge in [-0.25, -0.2) is 9.50 Å². The minimum absolute atomic E-state index is 0.0575. The molecule has 1 fully saturated rings. The van der Waals surface area contributed by atoms with Crippen molar-refractivity contribution >= 4 is 17.2 Å². The summed E-state index contributed by atoms with van der Waals surface area (Å²) in [6, 6.07) is 20.6. The zero-order chi connectivity index (χ0) is 26.2. The number of benzene rings is 2. The third-order valence-electron chi connectivity index (χ3n) is 7.13. The third-order valence-corrected chi connectivity index (χ3v) is 7.13. The summed E-state index contributed by atoms with van der Waals surface area (Å²) < 4.78 is 8.86. The van der Waals surface area contributed by atoms with E-state index in [1.807, 2.05) is 47.0 Å². The fourth-order valence-corrected chi connectivity index (χ4v) is 5.23. The van der Waals surface area contributed by atoms with E-state index < -0.39 is 11.5 Å². The minimum Gasteiger partial charge on any atom is -0.382 e. The summed E-state index contributed by atoms with van der Waals surface area (Å²) in [5, 5.41) is 4.50. The maximum atomic E-state index is 13.3. The highest BCUT2D eigenvalue weighted by Gasteiger charge is 2.24. The molecule has 0 unspecified atom stereocenters. The lowest BCUT2D eigenvalue weighted by molar-refractivity contribution is 0.0841. The molecule has 0 radical (unpaired) electrons. The van der Waals surface area contributed by atoms with E-state index in [1.165, 1.54) is 10.9 Å². The smallest absolute Gasteiger partial charge is 0.268 e. The van der Waals surface area contributed by atoms with E-state index in [9.17, 15) is 9.59 Å². The Kier molecular flexibility index (Phi) is 5.97. The predicted molar refractivity (Wildman–Crippen MR) is 145 cm³/mol. The molecule has 9 nitrogen and oxygen atoms in total. The largest absolute Gasteiger partial charge is 0.382 e. The fourth-order valence-electron chi connectivity index (χ4n) is 5.23. The number of rotatable bonds is 5. The number of carbonyl (C=O) groups excluding carboxylic acids is 1. The lowest BCUT2D eigenvalue weighted by Crippen LogP contribution is -2.29. The molecular formula is C29H26N6O3. The first-order chi connectivity index (χ1) is 18.5. The van der Waals surface area contributed by atoms with E-state index >= 15 is 0 Å². The van der Waals surface area contributed by atoms with Crippen LogP contribution < -0.4 is 17.0 Å². The van der Waals surface area contributed by atoms with Crippen molar-refractivity contribution in [1.29, 1.82) is 0 Å². The van der Waals surface area contributed by atoms with Crippen molar-refractivity contribution in [2.45, 2.75) is 18.8 Å². The molecule has 9 heteroatoms. The molecule has 0 spiro atoms. The number of hydrogen-bond donors (Lipinski definition) is 2. The highest BCUT2D eigenvalue weighted by molar-refractivity contribution is 5.99. The van der Waals surface area contributed by atoms with Gasteiger partial charge in [0.05, 0.1) is 0 Å². The number of carbonyl (C=O) groups is 1. The Hall–Kier alpha value is -4.76. The number of pyridine rings is 1. The molecule has 4 N–H and O–H groups in total. The zero-order valence-electron chi connectivity index (χ0n) is 20.6. The summed E-state index contributed by atoms with van der Waals surface area (Å²) in [6.07, 6.45) is 4.96. The summed E-state index contributed by atoms with van der Waals surface area (Å²) in [4.78, 5) is 29.9. The zero-order valence-corrected chi connectivity index (χ0v) is 20.6. The van der Waals surface area contributed by atoms with Crippen LogP contribution in [0.5, 0.6) is 0 Å². The lowest BCUT2D eigenvalue weighted by Gasteiger charge is -2.21. The first-order valence-electron chi connectivity index (χ1n) is 12.4. The summed E-state index contributed by atoms with van der Waals surface area (Å²) in [7, 11) is 0. The van der Waals surface area contributed by atoms with Gasteiger partial charge < -0.3 is 16.2 Å². The average Bonchev–Trinajstić information content (AvgIpc) is 3.35. The van der Waals surface area contributed by atoms with Crippen molar-refractivity contribution in [3.63, 3.8) is 0 Å². The van der Waals surface area contributed by atoms with Gasteiger partial charge in [-0.3, -0.25) is 14.2 Å². The molecule has 190 valence electrons. The molecule has 2 aromatic carbocycles. The van der Waals surface area contributed by atoms with Crippen LogP contribution in [0.3, 0.4) is 0 Å². The molecule has 5 aromatic rings. The number of hydrogen-bond acceptors (Lipinski definition) is 6.